The molecule has 6 heteroatoms. The molecule has 1 saturated heterocycles. The number of methoxy groups -OCH3 is 1. The van der Waals surface area contributed by atoms with E-state index < -0.39 is 6.10 Å². The Balaban J connectivity index is 1.24. The van der Waals surface area contributed by atoms with Gasteiger partial charge in [0.15, 0.2) is 11.5 Å². The first-order chi connectivity index (χ1) is 14.4. The fourth-order valence-corrected chi connectivity index (χ4v) is 4.22. The Labute approximate surface area is 179 Å². The first-order valence-electron chi connectivity index (χ1n) is 10.7. The Morgan fingerprint density at radius 2 is 1.80 bits per heavy atom. The van der Waals surface area contributed by atoms with Gasteiger partial charge in [-0.05, 0) is 44.2 Å². The number of β-amino-alcohol motifs (C(OH)–C–C–N with tert-alkyl or cyclic N) is 1. The van der Waals surface area contributed by atoms with Crippen LogP contribution in [0.5, 0.6) is 17.2 Å². The molecule has 2 aromatic rings. The highest BCUT2D eigenvalue weighted by Gasteiger charge is 2.32. The van der Waals surface area contributed by atoms with Crippen molar-refractivity contribution < 1.29 is 19.3 Å². The zero-order chi connectivity index (χ0) is 21.1. The van der Waals surface area contributed by atoms with E-state index in [0.717, 1.165) is 49.8 Å². The summed E-state index contributed by atoms with van der Waals surface area (Å²) in [5.74, 6) is 2.42. The molecule has 0 aliphatic carbocycles. The van der Waals surface area contributed by atoms with Crippen LogP contribution in [0.2, 0.25) is 0 Å². The predicted octanol–water partition coefficient (Wildman–Crippen LogP) is 2.97. The fourth-order valence-electron chi connectivity index (χ4n) is 4.22. The SMILES string of the molecule is COc1ccc(N2CCN(CC(O)COc3cccc4c3OC(C)(C)C4)CC2)cc1. The highest BCUT2D eigenvalue weighted by Crippen LogP contribution is 2.41. The maximum absolute atomic E-state index is 10.5. The van der Waals surface area contributed by atoms with E-state index in [2.05, 4.69) is 41.8 Å². The molecule has 0 saturated carbocycles. The molecule has 1 fully saturated rings. The van der Waals surface area contributed by atoms with Gasteiger partial charge in [0.1, 0.15) is 24.1 Å². The third kappa shape index (κ3) is 4.82. The van der Waals surface area contributed by atoms with Crippen LogP contribution in [0.4, 0.5) is 5.69 Å². The summed E-state index contributed by atoms with van der Waals surface area (Å²) in [6.07, 6.45) is 0.336. The lowest BCUT2D eigenvalue weighted by molar-refractivity contribution is 0.0632. The first-order valence-corrected chi connectivity index (χ1v) is 10.7. The Bertz CT molecular complexity index is 845. The van der Waals surface area contributed by atoms with Crippen LogP contribution >= 0.6 is 0 Å². The molecule has 1 N–H and O–H groups in total. The largest absolute Gasteiger partial charge is 0.497 e. The number of hydrogen-bond donors (Lipinski definition) is 1. The van der Waals surface area contributed by atoms with E-state index in [0.29, 0.717) is 6.54 Å². The van der Waals surface area contributed by atoms with Crippen molar-refractivity contribution in [3.8, 4) is 17.2 Å². The van der Waals surface area contributed by atoms with Crippen molar-refractivity contribution in [2.75, 3.05) is 51.3 Å². The standard InChI is InChI=1S/C24H32N2O4/c1-24(2)15-18-5-4-6-22(23(18)30-24)29-17-20(27)16-25-11-13-26(14-12-25)19-7-9-21(28-3)10-8-19/h4-10,20,27H,11-17H2,1-3H3. The average molecular weight is 413 g/mol. The maximum atomic E-state index is 10.5. The van der Waals surface area contributed by atoms with Gasteiger partial charge in [-0.3, -0.25) is 4.90 Å². The second-order valence-electron chi connectivity index (χ2n) is 8.73. The van der Waals surface area contributed by atoms with Gasteiger partial charge in [0, 0.05) is 50.4 Å². The summed E-state index contributed by atoms with van der Waals surface area (Å²) in [4.78, 5) is 4.66. The third-order valence-electron chi connectivity index (χ3n) is 5.77. The first kappa shape index (κ1) is 20.8. The van der Waals surface area contributed by atoms with E-state index in [1.807, 2.05) is 24.3 Å². The zero-order valence-electron chi connectivity index (χ0n) is 18.1. The number of hydrogen-bond acceptors (Lipinski definition) is 6. The molecule has 2 heterocycles. The number of fused-ring (bicyclic) bond motifs is 1. The predicted molar refractivity (Wildman–Crippen MR) is 118 cm³/mol. The minimum Gasteiger partial charge on any atom is -0.497 e. The van der Waals surface area contributed by atoms with Crippen molar-refractivity contribution in [3.05, 3.63) is 48.0 Å². The molecule has 0 radical (unpaired) electrons. The van der Waals surface area contributed by atoms with E-state index >= 15 is 0 Å². The fraction of sp³-hybridized carbons (Fsp3) is 0.500. The van der Waals surface area contributed by atoms with Crippen LogP contribution in [-0.4, -0.2) is 68.2 Å². The molecular formula is C24H32N2O4. The number of piperazine rings is 1. The molecule has 2 aliphatic rings. The quantitative estimate of drug-likeness (QED) is 0.755. The van der Waals surface area contributed by atoms with Crippen LogP contribution in [0.25, 0.3) is 0 Å². The van der Waals surface area contributed by atoms with Crippen molar-refractivity contribution in [2.45, 2.75) is 32.0 Å². The van der Waals surface area contributed by atoms with E-state index in [-0.39, 0.29) is 12.2 Å². The van der Waals surface area contributed by atoms with Gasteiger partial charge in [-0.2, -0.15) is 0 Å². The van der Waals surface area contributed by atoms with Crippen molar-refractivity contribution >= 4 is 5.69 Å². The second kappa shape index (κ2) is 8.74. The molecule has 0 amide bonds. The summed E-state index contributed by atoms with van der Waals surface area (Å²) in [6, 6.07) is 14.2. The third-order valence-corrected chi connectivity index (χ3v) is 5.77. The summed E-state index contributed by atoms with van der Waals surface area (Å²) in [5, 5.41) is 10.5. The summed E-state index contributed by atoms with van der Waals surface area (Å²) in [5.41, 5.74) is 2.17. The molecule has 2 aromatic carbocycles. The molecule has 0 aromatic heterocycles. The lowest BCUT2D eigenvalue weighted by atomic mass is 10.0. The summed E-state index contributed by atoms with van der Waals surface area (Å²) >= 11 is 0. The summed E-state index contributed by atoms with van der Waals surface area (Å²) < 4.78 is 17.2. The van der Waals surface area contributed by atoms with Gasteiger partial charge in [-0.15, -0.1) is 0 Å². The molecule has 0 bridgehead atoms. The van der Waals surface area contributed by atoms with Crippen molar-refractivity contribution in [2.24, 2.45) is 0 Å². The molecule has 1 unspecified atom stereocenters. The lowest BCUT2D eigenvalue weighted by Crippen LogP contribution is -2.49. The van der Waals surface area contributed by atoms with Gasteiger partial charge in [-0.25, -0.2) is 0 Å². The maximum Gasteiger partial charge on any atom is 0.165 e. The topological polar surface area (TPSA) is 54.4 Å². The number of ether oxygens (including phenoxy) is 3. The summed E-state index contributed by atoms with van der Waals surface area (Å²) in [7, 11) is 1.68. The Morgan fingerprint density at radius 1 is 1.07 bits per heavy atom. The molecule has 1 atom stereocenters. The minimum atomic E-state index is -0.539. The monoisotopic (exact) mass is 412 g/mol. The average Bonchev–Trinajstić information content (AvgIpc) is 3.07. The number of aliphatic hydroxyl groups excluding tert-OH is 1. The van der Waals surface area contributed by atoms with Crippen LogP contribution in [0.15, 0.2) is 42.5 Å². The zero-order valence-corrected chi connectivity index (χ0v) is 18.1. The highest BCUT2D eigenvalue weighted by molar-refractivity contribution is 5.50. The van der Waals surface area contributed by atoms with Crippen LogP contribution in [-0.2, 0) is 6.42 Å². The van der Waals surface area contributed by atoms with E-state index in [9.17, 15) is 5.11 Å². The van der Waals surface area contributed by atoms with Gasteiger partial charge in [0.2, 0.25) is 0 Å². The van der Waals surface area contributed by atoms with Gasteiger partial charge in [0.05, 0.1) is 7.11 Å². The smallest absolute Gasteiger partial charge is 0.165 e. The van der Waals surface area contributed by atoms with Crippen molar-refractivity contribution in [3.63, 3.8) is 0 Å². The van der Waals surface area contributed by atoms with Crippen molar-refractivity contribution in [1.29, 1.82) is 0 Å². The second-order valence-corrected chi connectivity index (χ2v) is 8.73. The van der Waals surface area contributed by atoms with Crippen LogP contribution in [0.1, 0.15) is 19.4 Å². The Morgan fingerprint density at radius 3 is 2.50 bits per heavy atom. The van der Waals surface area contributed by atoms with Crippen LogP contribution < -0.4 is 19.1 Å². The molecule has 30 heavy (non-hydrogen) atoms. The molecule has 4 rings (SSSR count). The number of anilines is 1. The van der Waals surface area contributed by atoms with Gasteiger partial charge in [0.25, 0.3) is 0 Å². The van der Waals surface area contributed by atoms with E-state index in [4.69, 9.17) is 14.2 Å². The highest BCUT2D eigenvalue weighted by atomic mass is 16.5. The molecular weight excluding hydrogens is 380 g/mol. The van der Waals surface area contributed by atoms with E-state index in [1.165, 1.54) is 11.3 Å². The van der Waals surface area contributed by atoms with Crippen molar-refractivity contribution in [1.82, 2.24) is 4.90 Å². The molecule has 162 valence electrons. The lowest BCUT2D eigenvalue weighted by Gasteiger charge is -2.36. The van der Waals surface area contributed by atoms with Crippen LogP contribution in [0.3, 0.4) is 0 Å². The van der Waals surface area contributed by atoms with E-state index in [1.54, 1.807) is 7.11 Å². The van der Waals surface area contributed by atoms with Gasteiger partial charge >= 0.3 is 0 Å². The Kier molecular flexibility index (Phi) is 6.06. The number of aliphatic hydroxyl groups is 1. The Hall–Kier alpha value is -2.44. The molecule has 2 aliphatic heterocycles. The summed E-state index contributed by atoms with van der Waals surface area (Å²) in [6.45, 7) is 8.75. The van der Waals surface area contributed by atoms with Gasteiger partial charge < -0.3 is 24.2 Å². The molecule has 0 spiro atoms. The minimum absolute atomic E-state index is 0.204. The number of benzene rings is 2. The molecule has 6 nitrogen and oxygen atoms in total. The number of nitrogens with zero attached hydrogens (tertiary/aromatic N) is 2. The van der Waals surface area contributed by atoms with Crippen LogP contribution in [0, 0.1) is 0 Å². The number of para-hydroxylation sites is 1. The normalized spacial score (nSPS) is 19.1. The van der Waals surface area contributed by atoms with Gasteiger partial charge in [-0.1, -0.05) is 12.1 Å². The number of rotatable bonds is 7.